The lowest BCUT2D eigenvalue weighted by Crippen LogP contribution is -2.39. The Bertz CT molecular complexity index is 849. The van der Waals surface area contributed by atoms with E-state index in [0.29, 0.717) is 30.3 Å². The highest BCUT2D eigenvalue weighted by Gasteiger charge is 2.20. The molecule has 0 heterocycles. The number of nitrogens with zero attached hydrogens (tertiary/aromatic N) is 3. The zero-order chi connectivity index (χ0) is 21.2. The first-order valence-electron chi connectivity index (χ1n) is 9.24. The van der Waals surface area contributed by atoms with Crippen molar-refractivity contribution < 1.29 is 19.0 Å². The van der Waals surface area contributed by atoms with Gasteiger partial charge in [-0.05, 0) is 25.2 Å². The van der Waals surface area contributed by atoms with E-state index in [9.17, 15) is 4.79 Å². The minimum absolute atomic E-state index is 0.0756. The molecule has 7 heteroatoms. The number of hydrogen-bond acceptors (Lipinski definition) is 6. The Morgan fingerprint density at radius 3 is 2.28 bits per heavy atom. The Kier molecular flexibility index (Phi) is 8.31. The predicted octanol–water partition coefficient (Wildman–Crippen LogP) is 3.09. The largest absolute Gasteiger partial charge is 0.493 e. The number of benzene rings is 2. The van der Waals surface area contributed by atoms with E-state index in [4.69, 9.17) is 19.5 Å². The zero-order valence-electron chi connectivity index (χ0n) is 17.3. The average Bonchev–Trinajstić information content (AvgIpc) is 2.74. The normalized spacial score (nSPS) is 10.3. The third-order valence-electron chi connectivity index (χ3n) is 4.45. The summed E-state index contributed by atoms with van der Waals surface area (Å²) in [6.45, 7) is 1.03. The number of likely N-dealkylation sites (N-methyl/N-ethyl adjacent to an activating group) is 1. The molecule has 0 fully saturated rings. The number of rotatable bonds is 10. The standard InChI is InChI=1S/C22H27N3O4/c1-24(15-17-11-12-19(27-2)22(29-4)21(17)28-3)16-20(26)25(14-8-13-23)18-9-6-5-7-10-18/h5-7,9-12H,8,14-16H2,1-4H3. The smallest absolute Gasteiger partial charge is 0.241 e. The fourth-order valence-corrected chi connectivity index (χ4v) is 3.12. The number of anilines is 1. The number of ether oxygens (including phenoxy) is 3. The summed E-state index contributed by atoms with van der Waals surface area (Å²) in [5, 5.41) is 8.94. The van der Waals surface area contributed by atoms with Gasteiger partial charge in [-0.25, -0.2) is 0 Å². The Morgan fingerprint density at radius 2 is 1.69 bits per heavy atom. The molecule has 0 saturated heterocycles. The highest BCUT2D eigenvalue weighted by molar-refractivity contribution is 5.94. The number of carbonyl (C=O) groups excluding carboxylic acids is 1. The third-order valence-corrected chi connectivity index (χ3v) is 4.45. The molecule has 2 aromatic carbocycles. The molecule has 7 nitrogen and oxygen atoms in total. The van der Waals surface area contributed by atoms with Gasteiger partial charge in [0.05, 0.1) is 40.4 Å². The van der Waals surface area contributed by atoms with Gasteiger partial charge in [0.25, 0.3) is 0 Å². The van der Waals surface area contributed by atoms with Crippen LogP contribution >= 0.6 is 0 Å². The Morgan fingerprint density at radius 1 is 1.00 bits per heavy atom. The van der Waals surface area contributed by atoms with Gasteiger partial charge < -0.3 is 19.1 Å². The maximum atomic E-state index is 12.9. The fraction of sp³-hybridized carbons (Fsp3) is 0.364. The van der Waals surface area contributed by atoms with Crippen LogP contribution in [0.2, 0.25) is 0 Å². The number of para-hydroxylation sites is 1. The van der Waals surface area contributed by atoms with Crippen LogP contribution in [-0.2, 0) is 11.3 Å². The van der Waals surface area contributed by atoms with E-state index in [2.05, 4.69) is 6.07 Å². The Labute approximate surface area is 172 Å². The Balaban J connectivity index is 2.16. The van der Waals surface area contributed by atoms with Gasteiger partial charge >= 0.3 is 0 Å². The molecule has 0 radical (unpaired) electrons. The van der Waals surface area contributed by atoms with Gasteiger partial charge in [0.1, 0.15) is 0 Å². The van der Waals surface area contributed by atoms with Crippen molar-refractivity contribution in [2.45, 2.75) is 13.0 Å². The summed E-state index contributed by atoms with van der Waals surface area (Å²) in [6, 6.07) is 15.2. The molecular formula is C22H27N3O4. The van der Waals surface area contributed by atoms with E-state index >= 15 is 0 Å². The molecule has 2 aromatic rings. The van der Waals surface area contributed by atoms with Crippen molar-refractivity contribution in [1.82, 2.24) is 4.90 Å². The van der Waals surface area contributed by atoms with Crippen LogP contribution in [0, 0.1) is 11.3 Å². The number of methoxy groups -OCH3 is 3. The van der Waals surface area contributed by atoms with Gasteiger partial charge in [-0.2, -0.15) is 5.26 Å². The van der Waals surface area contributed by atoms with E-state index in [-0.39, 0.29) is 18.9 Å². The minimum atomic E-state index is -0.0756. The molecule has 0 spiro atoms. The van der Waals surface area contributed by atoms with Gasteiger partial charge in [-0.15, -0.1) is 0 Å². The van der Waals surface area contributed by atoms with Crippen LogP contribution in [0.3, 0.4) is 0 Å². The SMILES string of the molecule is COc1ccc(CN(C)CC(=O)N(CCC#N)c2ccccc2)c(OC)c1OC. The van der Waals surface area contributed by atoms with Crippen LogP contribution in [0.1, 0.15) is 12.0 Å². The van der Waals surface area contributed by atoms with Crippen molar-refractivity contribution >= 4 is 11.6 Å². The lowest BCUT2D eigenvalue weighted by molar-refractivity contribution is -0.119. The summed E-state index contributed by atoms with van der Waals surface area (Å²) in [4.78, 5) is 16.5. The number of hydrogen-bond donors (Lipinski definition) is 0. The molecule has 2 rings (SSSR count). The van der Waals surface area contributed by atoms with Gasteiger partial charge in [0, 0.05) is 24.3 Å². The molecule has 0 aliphatic rings. The van der Waals surface area contributed by atoms with Crippen molar-refractivity contribution in [1.29, 1.82) is 5.26 Å². The van der Waals surface area contributed by atoms with Crippen LogP contribution in [0.15, 0.2) is 42.5 Å². The van der Waals surface area contributed by atoms with Crippen LogP contribution in [0.4, 0.5) is 5.69 Å². The maximum Gasteiger partial charge on any atom is 0.241 e. The minimum Gasteiger partial charge on any atom is -0.493 e. The fourth-order valence-electron chi connectivity index (χ4n) is 3.12. The van der Waals surface area contributed by atoms with Gasteiger partial charge in [0.2, 0.25) is 11.7 Å². The quantitative estimate of drug-likeness (QED) is 0.613. The molecular weight excluding hydrogens is 370 g/mol. The lowest BCUT2D eigenvalue weighted by Gasteiger charge is -2.25. The summed E-state index contributed by atoms with van der Waals surface area (Å²) in [6.07, 6.45) is 0.272. The van der Waals surface area contributed by atoms with E-state index < -0.39 is 0 Å². The highest BCUT2D eigenvalue weighted by Crippen LogP contribution is 2.40. The number of carbonyl (C=O) groups is 1. The van der Waals surface area contributed by atoms with Gasteiger partial charge in [-0.1, -0.05) is 24.3 Å². The van der Waals surface area contributed by atoms with Crippen molar-refractivity contribution in [3.8, 4) is 23.3 Å². The average molecular weight is 397 g/mol. The van der Waals surface area contributed by atoms with Crippen LogP contribution < -0.4 is 19.1 Å². The summed E-state index contributed by atoms with van der Waals surface area (Å²) in [5.74, 6) is 1.61. The summed E-state index contributed by atoms with van der Waals surface area (Å²) < 4.78 is 16.3. The first-order chi connectivity index (χ1) is 14.0. The molecule has 0 aliphatic carbocycles. The maximum absolute atomic E-state index is 12.9. The lowest BCUT2D eigenvalue weighted by atomic mass is 10.1. The zero-order valence-corrected chi connectivity index (χ0v) is 17.3. The van der Waals surface area contributed by atoms with Crippen LogP contribution in [0.5, 0.6) is 17.2 Å². The second-order valence-electron chi connectivity index (χ2n) is 6.45. The molecule has 1 amide bonds. The Hall–Kier alpha value is -3.24. The molecule has 0 atom stereocenters. The predicted molar refractivity (Wildman–Crippen MR) is 111 cm³/mol. The molecule has 0 aromatic heterocycles. The first kappa shape index (κ1) is 22.1. The van der Waals surface area contributed by atoms with Gasteiger partial charge in [0.15, 0.2) is 11.5 Å². The van der Waals surface area contributed by atoms with Crippen molar-refractivity contribution in [2.75, 3.05) is 46.4 Å². The van der Waals surface area contributed by atoms with Crippen LogP contribution in [-0.4, -0.2) is 52.3 Å². The van der Waals surface area contributed by atoms with E-state index in [1.54, 1.807) is 26.2 Å². The van der Waals surface area contributed by atoms with Crippen molar-refractivity contribution in [2.24, 2.45) is 0 Å². The monoisotopic (exact) mass is 397 g/mol. The van der Waals surface area contributed by atoms with E-state index in [0.717, 1.165) is 11.3 Å². The van der Waals surface area contributed by atoms with E-state index in [1.165, 1.54) is 0 Å². The second-order valence-corrected chi connectivity index (χ2v) is 6.45. The van der Waals surface area contributed by atoms with Crippen molar-refractivity contribution in [3.05, 3.63) is 48.0 Å². The van der Waals surface area contributed by atoms with Gasteiger partial charge in [-0.3, -0.25) is 9.69 Å². The molecule has 0 aliphatic heterocycles. The molecule has 154 valence electrons. The second kappa shape index (κ2) is 10.9. The number of nitriles is 1. The summed E-state index contributed by atoms with van der Waals surface area (Å²) in [7, 11) is 6.57. The number of amides is 1. The molecule has 29 heavy (non-hydrogen) atoms. The topological polar surface area (TPSA) is 75.0 Å². The van der Waals surface area contributed by atoms with Crippen molar-refractivity contribution in [3.63, 3.8) is 0 Å². The third kappa shape index (κ3) is 5.62. The molecule has 0 N–H and O–H groups in total. The van der Waals surface area contributed by atoms with E-state index in [1.807, 2.05) is 54.4 Å². The summed E-state index contributed by atoms with van der Waals surface area (Å²) in [5.41, 5.74) is 1.66. The molecule has 0 bridgehead atoms. The highest BCUT2D eigenvalue weighted by atomic mass is 16.5. The molecule has 0 saturated carbocycles. The first-order valence-corrected chi connectivity index (χ1v) is 9.24. The van der Waals surface area contributed by atoms with Crippen LogP contribution in [0.25, 0.3) is 0 Å². The molecule has 0 unspecified atom stereocenters. The summed E-state index contributed by atoms with van der Waals surface area (Å²) >= 11 is 0.